The molecule has 2 aromatic heterocycles. The minimum absolute atomic E-state index is 0.00262. The third kappa shape index (κ3) is 4.53. The summed E-state index contributed by atoms with van der Waals surface area (Å²) in [6.45, 7) is 0.338. The van der Waals surface area contributed by atoms with Crippen molar-refractivity contribution in [3.63, 3.8) is 0 Å². The molecule has 2 aromatic carbocycles. The van der Waals surface area contributed by atoms with Gasteiger partial charge in [-0.3, -0.25) is 10.1 Å². The Morgan fingerprint density at radius 2 is 1.86 bits per heavy atom. The van der Waals surface area contributed by atoms with Gasteiger partial charge < -0.3 is 9.47 Å². The Kier molecular flexibility index (Phi) is 6.05. The molecule has 0 saturated carbocycles. The molecule has 0 saturated heterocycles. The van der Waals surface area contributed by atoms with Crippen molar-refractivity contribution in [2.45, 2.75) is 11.3 Å². The van der Waals surface area contributed by atoms with Gasteiger partial charge in [-0.25, -0.2) is 12.9 Å². The van der Waals surface area contributed by atoms with Crippen molar-refractivity contribution >= 4 is 21.4 Å². The molecule has 0 N–H and O–H groups in total. The normalized spacial score (nSPS) is 15.1. The Bertz CT molecular complexity index is 1500. The molecule has 1 aliphatic heterocycles. The van der Waals surface area contributed by atoms with Crippen molar-refractivity contribution in [2.75, 3.05) is 26.3 Å². The number of sulfonamides is 1. The van der Waals surface area contributed by atoms with Gasteiger partial charge >= 0.3 is 0 Å². The maximum absolute atomic E-state index is 13.4. The van der Waals surface area contributed by atoms with Crippen LogP contribution in [0.25, 0.3) is 16.8 Å². The minimum atomic E-state index is -4.16. The number of hydrogen-bond acceptors (Lipinski definition) is 8. The van der Waals surface area contributed by atoms with Crippen LogP contribution in [0, 0.1) is 10.1 Å². The van der Waals surface area contributed by atoms with E-state index >= 15 is 0 Å². The van der Waals surface area contributed by atoms with Crippen LogP contribution in [0.3, 0.4) is 0 Å². The molecule has 3 heterocycles. The number of nitrogens with zero attached hydrogens (tertiary/aromatic N) is 5. The van der Waals surface area contributed by atoms with Crippen molar-refractivity contribution in [1.82, 2.24) is 18.9 Å². The summed E-state index contributed by atoms with van der Waals surface area (Å²) in [5.41, 5.74) is 1.79. The fourth-order valence-corrected chi connectivity index (χ4v) is 5.51. The van der Waals surface area contributed by atoms with Crippen molar-refractivity contribution < 1.29 is 22.8 Å². The highest BCUT2D eigenvalue weighted by Crippen LogP contribution is 2.29. The lowest BCUT2D eigenvalue weighted by molar-refractivity contribution is -0.387. The monoisotopic (exact) mass is 495 g/mol. The van der Waals surface area contributed by atoms with E-state index in [1.165, 1.54) is 28.6 Å². The standard InChI is InChI=1S/C23H21N5O6S/c29-28(30)20-7-1-2-8-21(20)35(31,32)26-10-4-13-34-22-9-11-27-23(25-22)19(16-24-27)17-5-3-6-18(15-17)33-14-12-26/h1-3,5-9,11,15-16H,4,10,12-14H2. The number of aromatic nitrogens is 3. The van der Waals surface area contributed by atoms with Gasteiger partial charge in [0.25, 0.3) is 5.69 Å². The van der Waals surface area contributed by atoms with E-state index in [2.05, 4.69) is 10.1 Å². The summed E-state index contributed by atoms with van der Waals surface area (Å²) in [7, 11) is -4.16. The maximum Gasteiger partial charge on any atom is 0.289 e. The summed E-state index contributed by atoms with van der Waals surface area (Å²) < 4.78 is 41.3. The van der Waals surface area contributed by atoms with Crippen LogP contribution < -0.4 is 9.47 Å². The summed E-state index contributed by atoms with van der Waals surface area (Å²) >= 11 is 0. The molecular formula is C23H21N5O6S. The molecule has 11 nitrogen and oxygen atoms in total. The Hall–Kier alpha value is -4.03. The molecule has 5 rings (SSSR count). The van der Waals surface area contributed by atoms with E-state index in [1.54, 1.807) is 29.0 Å². The molecular weight excluding hydrogens is 474 g/mol. The van der Waals surface area contributed by atoms with E-state index < -0.39 is 20.6 Å². The first-order valence-electron chi connectivity index (χ1n) is 10.9. The predicted molar refractivity (Wildman–Crippen MR) is 126 cm³/mol. The number of ether oxygens (including phenoxy) is 2. The summed E-state index contributed by atoms with van der Waals surface area (Å²) in [6.07, 6.45) is 3.79. The number of nitro benzene ring substituents is 1. The molecule has 0 unspecified atom stereocenters. The molecule has 0 aliphatic carbocycles. The Labute approximate surface area is 200 Å². The van der Waals surface area contributed by atoms with Crippen molar-refractivity contribution in [3.05, 3.63) is 77.1 Å². The van der Waals surface area contributed by atoms with Gasteiger partial charge in [0, 0.05) is 37.0 Å². The molecule has 4 aromatic rings. The van der Waals surface area contributed by atoms with Crippen LogP contribution in [0.2, 0.25) is 0 Å². The molecule has 35 heavy (non-hydrogen) atoms. The van der Waals surface area contributed by atoms with Crippen LogP contribution in [0.5, 0.6) is 11.6 Å². The smallest absolute Gasteiger partial charge is 0.289 e. The molecule has 0 radical (unpaired) electrons. The van der Waals surface area contributed by atoms with Gasteiger partial charge in [0.1, 0.15) is 12.4 Å². The van der Waals surface area contributed by atoms with E-state index in [-0.39, 0.29) is 31.2 Å². The van der Waals surface area contributed by atoms with E-state index in [4.69, 9.17) is 9.47 Å². The minimum Gasteiger partial charge on any atom is -0.492 e. The zero-order chi connectivity index (χ0) is 24.4. The second-order valence-electron chi connectivity index (χ2n) is 7.80. The fourth-order valence-electron chi connectivity index (χ4n) is 3.89. The van der Waals surface area contributed by atoms with Gasteiger partial charge in [-0.2, -0.15) is 14.4 Å². The zero-order valence-corrected chi connectivity index (χ0v) is 19.3. The largest absolute Gasteiger partial charge is 0.492 e. The predicted octanol–water partition coefficient (Wildman–Crippen LogP) is 3.16. The van der Waals surface area contributed by atoms with Crippen molar-refractivity contribution in [1.29, 1.82) is 0 Å². The van der Waals surface area contributed by atoms with Gasteiger partial charge in [0.05, 0.1) is 17.7 Å². The average Bonchev–Trinajstić information content (AvgIpc) is 3.28. The van der Waals surface area contributed by atoms with Gasteiger partial charge in [0.2, 0.25) is 15.9 Å². The van der Waals surface area contributed by atoms with Crippen LogP contribution in [-0.4, -0.2) is 58.5 Å². The van der Waals surface area contributed by atoms with Crippen molar-refractivity contribution in [2.24, 2.45) is 0 Å². The van der Waals surface area contributed by atoms with E-state index in [0.717, 1.165) is 11.1 Å². The first-order valence-corrected chi connectivity index (χ1v) is 12.3. The molecule has 180 valence electrons. The molecule has 0 spiro atoms. The van der Waals surface area contributed by atoms with Crippen LogP contribution >= 0.6 is 0 Å². The van der Waals surface area contributed by atoms with Crippen molar-refractivity contribution in [3.8, 4) is 22.8 Å². The zero-order valence-electron chi connectivity index (χ0n) is 18.5. The third-order valence-electron chi connectivity index (χ3n) is 5.58. The highest BCUT2D eigenvalue weighted by Gasteiger charge is 2.31. The van der Waals surface area contributed by atoms with E-state index in [0.29, 0.717) is 23.7 Å². The number of hydrogen-bond donors (Lipinski definition) is 0. The van der Waals surface area contributed by atoms with Crippen LogP contribution in [0.15, 0.2) is 71.9 Å². The average molecular weight is 496 g/mol. The lowest BCUT2D eigenvalue weighted by atomic mass is 10.1. The summed E-state index contributed by atoms with van der Waals surface area (Å²) in [5.74, 6) is 0.932. The number of nitro groups is 1. The summed E-state index contributed by atoms with van der Waals surface area (Å²) in [5, 5.41) is 15.8. The van der Waals surface area contributed by atoms with Crippen LogP contribution in [0.1, 0.15) is 6.42 Å². The maximum atomic E-state index is 13.4. The van der Waals surface area contributed by atoms with Gasteiger partial charge in [-0.15, -0.1) is 0 Å². The SMILES string of the molecule is O=[N+]([O-])c1ccccc1S(=O)(=O)N1CCCOc2ccn3ncc(c3n2)-c2cccc(c2)OCC1. The lowest BCUT2D eigenvalue weighted by Crippen LogP contribution is -2.36. The number of benzene rings is 2. The van der Waals surface area contributed by atoms with Gasteiger partial charge in [-0.05, 0) is 30.2 Å². The fraction of sp³-hybridized carbons (Fsp3) is 0.217. The summed E-state index contributed by atoms with van der Waals surface area (Å²) in [4.78, 5) is 15.0. The quantitative estimate of drug-likeness (QED) is 0.313. The lowest BCUT2D eigenvalue weighted by Gasteiger charge is -2.22. The number of para-hydroxylation sites is 1. The molecule has 12 heteroatoms. The second-order valence-corrected chi connectivity index (χ2v) is 9.71. The van der Waals surface area contributed by atoms with Crippen LogP contribution in [0.4, 0.5) is 5.69 Å². The third-order valence-corrected chi connectivity index (χ3v) is 7.53. The second kappa shape index (κ2) is 9.31. The van der Waals surface area contributed by atoms with E-state index in [1.807, 2.05) is 18.2 Å². The van der Waals surface area contributed by atoms with E-state index in [9.17, 15) is 18.5 Å². The van der Waals surface area contributed by atoms with Gasteiger partial charge in [-0.1, -0.05) is 24.3 Å². The number of fused-ring (bicyclic) bond motifs is 4. The molecule has 1 aliphatic rings. The Morgan fingerprint density at radius 1 is 1.00 bits per heavy atom. The van der Waals surface area contributed by atoms with Crippen LogP contribution in [-0.2, 0) is 10.0 Å². The summed E-state index contributed by atoms with van der Waals surface area (Å²) in [6, 6.07) is 14.3. The molecule has 0 fully saturated rings. The highest BCUT2D eigenvalue weighted by molar-refractivity contribution is 7.89. The number of rotatable bonds is 3. The Balaban J connectivity index is 1.48. The first-order chi connectivity index (χ1) is 16.9. The Morgan fingerprint density at radius 3 is 2.71 bits per heavy atom. The first kappa shape index (κ1) is 22.7. The molecule has 0 amide bonds. The topological polar surface area (TPSA) is 129 Å². The molecule has 4 bridgehead atoms. The van der Waals surface area contributed by atoms with Gasteiger partial charge in [0.15, 0.2) is 10.5 Å². The highest BCUT2D eigenvalue weighted by atomic mass is 32.2. The molecule has 0 atom stereocenters.